The lowest BCUT2D eigenvalue weighted by Crippen LogP contribution is -2.45. The van der Waals surface area contributed by atoms with Gasteiger partial charge in [0.2, 0.25) is 5.91 Å². The lowest BCUT2D eigenvalue weighted by Gasteiger charge is -2.16. The number of carbonyl (C=O) groups excluding carboxylic acids is 2. The van der Waals surface area contributed by atoms with Gasteiger partial charge in [0.1, 0.15) is 12.6 Å². The highest BCUT2D eigenvalue weighted by atomic mass is 32.2. The molecule has 2 amide bonds. The van der Waals surface area contributed by atoms with Crippen molar-refractivity contribution in [3.8, 4) is 0 Å². The molecule has 182 valence electrons. The van der Waals surface area contributed by atoms with E-state index in [1.807, 2.05) is 60.7 Å². The Kier molecular flexibility index (Phi) is 9.20. The van der Waals surface area contributed by atoms with Crippen LogP contribution >= 0.6 is 0 Å². The topological polar surface area (TPSA) is 102 Å². The Morgan fingerprint density at radius 1 is 0.857 bits per heavy atom. The molecule has 2 N–H and O–H groups in total. The minimum Gasteiger partial charge on any atom is -0.445 e. The second kappa shape index (κ2) is 12.5. The second-order valence-corrected chi connectivity index (χ2v) is 9.94. The van der Waals surface area contributed by atoms with Crippen LogP contribution in [0.5, 0.6) is 0 Å². The third-order valence-electron chi connectivity index (χ3n) is 5.11. The first-order valence-electron chi connectivity index (χ1n) is 11.1. The van der Waals surface area contributed by atoms with Crippen molar-refractivity contribution in [2.24, 2.45) is 0 Å². The molecular formula is C27H28N2O5S. The molecule has 35 heavy (non-hydrogen) atoms. The molecule has 3 aromatic rings. The number of benzene rings is 3. The number of hydrogen-bond acceptors (Lipinski definition) is 5. The van der Waals surface area contributed by atoms with Crippen LogP contribution in [0.3, 0.4) is 0 Å². The van der Waals surface area contributed by atoms with Crippen molar-refractivity contribution in [2.45, 2.75) is 30.9 Å². The molecule has 0 saturated carbocycles. The van der Waals surface area contributed by atoms with Gasteiger partial charge in [-0.05, 0) is 36.3 Å². The predicted octanol–water partition coefficient (Wildman–Crippen LogP) is 4.02. The normalized spacial score (nSPS) is 12.4. The summed E-state index contributed by atoms with van der Waals surface area (Å²) in [5, 5.41) is 5.25. The average molecular weight is 493 g/mol. The van der Waals surface area contributed by atoms with E-state index < -0.39 is 27.9 Å². The molecule has 0 saturated heterocycles. The van der Waals surface area contributed by atoms with Crippen molar-refractivity contribution in [3.05, 3.63) is 114 Å². The fourth-order valence-corrected chi connectivity index (χ4v) is 4.38. The molecule has 1 atom stereocenters. The minimum atomic E-state index is -3.57. The van der Waals surface area contributed by atoms with E-state index >= 15 is 0 Å². The summed E-state index contributed by atoms with van der Waals surface area (Å²) >= 11 is 0. The number of ether oxygens (including phenoxy) is 1. The molecule has 8 heteroatoms. The van der Waals surface area contributed by atoms with Gasteiger partial charge in [-0.3, -0.25) is 4.79 Å². The van der Waals surface area contributed by atoms with E-state index in [4.69, 9.17) is 4.74 Å². The van der Waals surface area contributed by atoms with Gasteiger partial charge in [-0.1, -0.05) is 78.9 Å². The van der Waals surface area contributed by atoms with Gasteiger partial charge in [0.25, 0.3) is 0 Å². The van der Waals surface area contributed by atoms with Crippen LogP contribution in [0, 0.1) is 0 Å². The first kappa shape index (κ1) is 25.7. The molecule has 3 rings (SSSR count). The van der Waals surface area contributed by atoms with Crippen molar-refractivity contribution >= 4 is 21.8 Å². The molecule has 0 aliphatic carbocycles. The van der Waals surface area contributed by atoms with E-state index in [-0.39, 0.29) is 17.3 Å². The zero-order valence-electron chi connectivity index (χ0n) is 19.4. The summed E-state index contributed by atoms with van der Waals surface area (Å²) in [6, 6.07) is 25.8. The van der Waals surface area contributed by atoms with Crippen molar-refractivity contribution < 1.29 is 22.7 Å². The lowest BCUT2D eigenvalue weighted by molar-refractivity contribution is -0.122. The van der Waals surface area contributed by atoms with Crippen molar-refractivity contribution in [1.29, 1.82) is 0 Å². The molecule has 0 aliphatic heterocycles. The molecule has 0 aliphatic rings. The number of carbonyl (C=O) groups is 2. The lowest BCUT2D eigenvalue weighted by atomic mass is 10.1. The molecule has 3 aromatic carbocycles. The number of sulfone groups is 1. The van der Waals surface area contributed by atoms with Crippen LogP contribution in [0.15, 0.2) is 108 Å². The maximum Gasteiger partial charge on any atom is 0.408 e. The van der Waals surface area contributed by atoms with E-state index in [0.717, 1.165) is 11.1 Å². The molecule has 7 nitrogen and oxygen atoms in total. The summed E-state index contributed by atoms with van der Waals surface area (Å²) in [4.78, 5) is 25.1. The molecule has 0 radical (unpaired) electrons. The number of nitrogens with one attached hydrogen (secondary N) is 2. The SMILES string of the molecule is C[C@H](NC(=O)OCc1ccccc1)C(=O)N/C(=C/CS(=O)(=O)c1ccccc1)Cc1ccccc1. The van der Waals surface area contributed by atoms with Crippen LogP contribution < -0.4 is 10.6 Å². The molecule has 0 bridgehead atoms. The molecular weight excluding hydrogens is 464 g/mol. The molecule has 0 spiro atoms. The van der Waals surface area contributed by atoms with Crippen LogP contribution in [0.25, 0.3) is 0 Å². The molecule has 0 aromatic heterocycles. The standard InChI is InChI=1S/C27H28N2O5S/c1-21(28-27(31)34-20-23-13-7-3-8-14-23)26(30)29-24(19-22-11-5-2-6-12-22)17-18-35(32,33)25-15-9-4-10-16-25/h2-17,21H,18-20H2,1H3,(H,28,31)(H,29,30)/b24-17+/t21-/m0/s1. The van der Waals surface area contributed by atoms with Gasteiger partial charge in [0.05, 0.1) is 10.6 Å². The van der Waals surface area contributed by atoms with Crippen LogP contribution in [0.1, 0.15) is 18.1 Å². The maximum atomic E-state index is 12.8. The van der Waals surface area contributed by atoms with E-state index in [1.165, 1.54) is 25.1 Å². The number of rotatable bonds is 10. The largest absolute Gasteiger partial charge is 0.445 e. The quantitative estimate of drug-likeness (QED) is 0.445. The zero-order valence-corrected chi connectivity index (χ0v) is 20.2. The Hall–Kier alpha value is -3.91. The smallest absolute Gasteiger partial charge is 0.408 e. The van der Waals surface area contributed by atoms with Gasteiger partial charge in [0, 0.05) is 12.1 Å². The van der Waals surface area contributed by atoms with Crippen LogP contribution in [-0.2, 0) is 32.4 Å². The number of allylic oxidation sites excluding steroid dienone is 1. The predicted molar refractivity (Wildman–Crippen MR) is 134 cm³/mol. The Morgan fingerprint density at radius 2 is 1.40 bits per heavy atom. The van der Waals surface area contributed by atoms with Gasteiger partial charge < -0.3 is 15.4 Å². The molecule has 0 unspecified atom stereocenters. The van der Waals surface area contributed by atoms with Gasteiger partial charge >= 0.3 is 6.09 Å². The van der Waals surface area contributed by atoms with Gasteiger partial charge in [-0.25, -0.2) is 13.2 Å². The van der Waals surface area contributed by atoms with Gasteiger partial charge in [0.15, 0.2) is 9.84 Å². The highest BCUT2D eigenvalue weighted by Gasteiger charge is 2.19. The van der Waals surface area contributed by atoms with E-state index in [1.54, 1.807) is 18.2 Å². The highest BCUT2D eigenvalue weighted by Crippen LogP contribution is 2.13. The average Bonchev–Trinajstić information content (AvgIpc) is 2.88. The summed E-state index contributed by atoms with van der Waals surface area (Å²) in [6.45, 7) is 1.61. The summed E-state index contributed by atoms with van der Waals surface area (Å²) in [6.07, 6.45) is 1.09. The van der Waals surface area contributed by atoms with Crippen LogP contribution in [0.2, 0.25) is 0 Å². The Labute approximate surface area is 205 Å². The fourth-order valence-electron chi connectivity index (χ4n) is 3.19. The Bertz CT molecular complexity index is 1240. The first-order chi connectivity index (χ1) is 16.8. The number of amides is 2. The van der Waals surface area contributed by atoms with Crippen LogP contribution in [0.4, 0.5) is 4.79 Å². The fraction of sp³-hybridized carbons (Fsp3) is 0.185. The van der Waals surface area contributed by atoms with E-state index in [0.29, 0.717) is 12.1 Å². The van der Waals surface area contributed by atoms with E-state index in [2.05, 4.69) is 10.6 Å². The maximum absolute atomic E-state index is 12.8. The second-order valence-electron chi connectivity index (χ2n) is 7.90. The van der Waals surface area contributed by atoms with Crippen LogP contribution in [-0.4, -0.2) is 32.2 Å². The number of alkyl carbamates (subject to hydrolysis) is 1. The monoisotopic (exact) mass is 492 g/mol. The summed E-state index contributed by atoms with van der Waals surface area (Å²) in [7, 11) is -3.57. The summed E-state index contributed by atoms with van der Waals surface area (Å²) in [5.41, 5.74) is 2.15. The van der Waals surface area contributed by atoms with Crippen molar-refractivity contribution in [2.75, 3.05) is 5.75 Å². The minimum absolute atomic E-state index is 0.0809. The Morgan fingerprint density at radius 3 is 2.00 bits per heavy atom. The summed E-state index contributed by atoms with van der Waals surface area (Å²) < 4.78 is 30.6. The van der Waals surface area contributed by atoms with Gasteiger partial charge in [-0.15, -0.1) is 0 Å². The zero-order chi connectivity index (χ0) is 25.1. The summed E-state index contributed by atoms with van der Waals surface area (Å²) in [5.74, 6) is -0.763. The van der Waals surface area contributed by atoms with Crippen molar-refractivity contribution in [3.63, 3.8) is 0 Å². The highest BCUT2D eigenvalue weighted by molar-refractivity contribution is 7.91. The van der Waals surface area contributed by atoms with E-state index in [9.17, 15) is 18.0 Å². The molecule has 0 fully saturated rings. The van der Waals surface area contributed by atoms with Gasteiger partial charge in [-0.2, -0.15) is 0 Å². The third-order valence-corrected chi connectivity index (χ3v) is 6.71. The molecule has 0 heterocycles. The number of hydrogen-bond donors (Lipinski definition) is 2. The third kappa shape index (κ3) is 8.42. The van der Waals surface area contributed by atoms with Crippen molar-refractivity contribution in [1.82, 2.24) is 10.6 Å². The first-order valence-corrected chi connectivity index (χ1v) is 12.8. The Balaban J connectivity index is 1.65.